The molecule has 0 aliphatic heterocycles. The molecule has 0 spiro atoms. The first-order valence-electron chi connectivity index (χ1n) is 9.75. The van der Waals surface area contributed by atoms with Crippen molar-refractivity contribution in [1.82, 2.24) is 15.2 Å². The van der Waals surface area contributed by atoms with Gasteiger partial charge in [-0.3, -0.25) is 4.79 Å². The molecule has 0 saturated carbocycles. The number of benzene rings is 2. The lowest BCUT2D eigenvalue weighted by molar-refractivity contribution is 0.0949. The van der Waals surface area contributed by atoms with Crippen molar-refractivity contribution < 1.29 is 4.79 Å². The van der Waals surface area contributed by atoms with E-state index in [1.54, 1.807) is 23.1 Å². The summed E-state index contributed by atoms with van der Waals surface area (Å²) in [4.78, 5) is 20.4. The number of thiazole rings is 1. The molecule has 29 heavy (non-hydrogen) atoms. The maximum Gasteiger partial charge on any atom is 0.252 e. The van der Waals surface area contributed by atoms with E-state index in [2.05, 4.69) is 51.9 Å². The smallest absolute Gasteiger partial charge is 0.252 e. The summed E-state index contributed by atoms with van der Waals surface area (Å²) in [5.74, 6) is 0.770. The van der Waals surface area contributed by atoms with E-state index in [1.165, 1.54) is 5.56 Å². The number of aryl methyl sites for hydroxylation is 1. The normalized spacial score (nSPS) is 11.0. The number of rotatable bonds is 10. The number of nitrogens with one attached hydrogen (secondary N) is 1. The first-order valence-corrected chi connectivity index (χ1v) is 11.6. The molecule has 3 aromatic rings. The molecular formula is C23H27N3OS2. The fourth-order valence-electron chi connectivity index (χ4n) is 3.03. The molecule has 2 aromatic carbocycles. The minimum absolute atomic E-state index is 0.00623. The lowest BCUT2D eigenvalue weighted by atomic mass is 10.2. The summed E-state index contributed by atoms with van der Waals surface area (Å²) in [6.45, 7) is 4.54. The second kappa shape index (κ2) is 11.1. The fourth-order valence-corrected chi connectivity index (χ4v) is 4.69. The Bertz CT molecular complexity index is 911. The van der Waals surface area contributed by atoms with E-state index in [1.807, 2.05) is 37.3 Å². The van der Waals surface area contributed by atoms with E-state index in [9.17, 15) is 4.79 Å². The van der Waals surface area contributed by atoms with Crippen molar-refractivity contribution in [2.24, 2.45) is 0 Å². The Morgan fingerprint density at radius 3 is 2.66 bits per heavy atom. The third kappa shape index (κ3) is 6.99. The zero-order valence-electron chi connectivity index (χ0n) is 16.9. The molecule has 0 radical (unpaired) electrons. The number of carbonyl (C=O) groups excluding carboxylic acids is 1. The van der Waals surface area contributed by atoms with Gasteiger partial charge in [0.15, 0.2) is 0 Å². The number of nitrogens with zero attached hydrogens (tertiary/aromatic N) is 2. The Kier molecular flexibility index (Phi) is 8.28. The predicted molar refractivity (Wildman–Crippen MR) is 123 cm³/mol. The fraction of sp³-hybridized carbons (Fsp3) is 0.304. The highest BCUT2D eigenvalue weighted by Crippen LogP contribution is 2.26. The van der Waals surface area contributed by atoms with Gasteiger partial charge in [-0.05, 0) is 44.6 Å². The molecule has 0 aliphatic rings. The van der Waals surface area contributed by atoms with Crippen LogP contribution in [0.25, 0.3) is 0 Å². The van der Waals surface area contributed by atoms with E-state index in [4.69, 9.17) is 0 Å². The van der Waals surface area contributed by atoms with Crippen molar-refractivity contribution in [3.63, 3.8) is 0 Å². The summed E-state index contributed by atoms with van der Waals surface area (Å²) in [6.07, 6.45) is 0.919. The third-order valence-corrected chi connectivity index (χ3v) is 6.40. The number of hydrogen-bond donors (Lipinski definition) is 1. The molecule has 0 saturated heterocycles. The van der Waals surface area contributed by atoms with Crippen molar-refractivity contribution in [2.75, 3.05) is 20.1 Å². The van der Waals surface area contributed by atoms with Crippen LogP contribution in [0, 0.1) is 6.92 Å². The molecule has 3 rings (SSSR count). The van der Waals surface area contributed by atoms with Crippen LogP contribution >= 0.6 is 23.1 Å². The van der Waals surface area contributed by atoms with Gasteiger partial charge in [-0.15, -0.1) is 23.1 Å². The van der Waals surface area contributed by atoms with Crippen LogP contribution in [-0.2, 0) is 12.3 Å². The summed E-state index contributed by atoms with van der Waals surface area (Å²) in [7, 11) is 2.11. The van der Waals surface area contributed by atoms with Crippen molar-refractivity contribution in [3.05, 3.63) is 81.8 Å². The quantitative estimate of drug-likeness (QED) is 0.367. The lowest BCUT2D eigenvalue weighted by Crippen LogP contribution is -2.28. The number of hydrogen-bond acceptors (Lipinski definition) is 5. The summed E-state index contributed by atoms with van der Waals surface area (Å²) >= 11 is 3.32. The van der Waals surface area contributed by atoms with E-state index in [-0.39, 0.29) is 5.91 Å². The van der Waals surface area contributed by atoms with Crippen molar-refractivity contribution in [3.8, 4) is 0 Å². The van der Waals surface area contributed by atoms with Crippen LogP contribution in [0.1, 0.15) is 33.0 Å². The number of aromatic nitrogens is 1. The Morgan fingerprint density at radius 1 is 1.14 bits per heavy atom. The first-order chi connectivity index (χ1) is 14.1. The summed E-state index contributed by atoms with van der Waals surface area (Å²) in [6, 6.07) is 18.2. The van der Waals surface area contributed by atoms with Crippen LogP contribution in [0.5, 0.6) is 0 Å². The minimum atomic E-state index is -0.00623. The molecule has 152 valence electrons. The minimum Gasteiger partial charge on any atom is -0.352 e. The number of carbonyl (C=O) groups is 1. The molecular weight excluding hydrogens is 398 g/mol. The molecule has 1 amide bonds. The molecule has 0 aliphatic carbocycles. The van der Waals surface area contributed by atoms with Gasteiger partial charge in [0.2, 0.25) is 0 Å². The average Bonchev–Trinajstić information content (AvgIpc) is 3.15. The summed E-state index contributed by atoms with van der Waals surface area (Å²) in [5, 5.41) is 6.22. The van der Waals surface area contributed by atoms with Gasteiger partial charge in [-0.1, -0.05) is 42.5 Å². The van der Waals surface area contributed by atoms with Crippen LogP contribution in [0.15, 0.2) is 64.9 Å². The van der Waals surface area contributed by atoms with Crippen molar-refractivity contribution >= 4 is 29.0 Å². The molecule has 0 fully saturated rings. The van der Waals surface area contributed by atoms with Gasteiger partial charge in [-0.2, -0.15) is 0 Å². The van der Waals surface area contributed by atoms with Crippen molar-refractivity contribution in [2.45, 2.75) is 30.5 Å². The van der Waals surface area contributed by atoms with Crippen LogP contribution in [0.3, 0.4) is 0 Å². The van der Waals surface area contributed by atoms with Gasteiger partial charge in [-0.25, -0.2) is 4.98 Å². The van der Waals surface area contributed by atoms with Gasteiger partial charge in [0.25, 0.3) is 5.91 Å². The summed E-state index contributed by atoms with van der Waals surface area (Å²) < 4.78 is 0. The Labute approximate surface area is 181 Å². The predicted octanol–water partition coefficient (Wildman–Crippen LogP) is 5.00. The lowest BCUT2D eigenvalue weighted by Gasteiger charge is -2.17. The first kappa shape index (κ1) is 21.6. The van der Waals surface area contributed by atoms with Gasteiger partial charge in [0, 0.05) is 29.1 Å². The van der Waals surface area contributed by atoms with E-state index < -0.39 is 0 Å². The Balaban J connectivity index is 1.44. The van der Waals surface area contributed by atoms with Gasteiger partial charge in [0.1, 0.15) is 0 Å². The highest BCUT2D eigenvalue weighted by Gasteiger charge is 2.12. The maximum absolute atomic E-state index is 12.7. The topological polar surface area (TPSA) is 45.2 Å². The number of amides is 1. The molecule has 1 heterocycles. The molecule has 0 unspecified atom stereocenters. The van der Waals surface area contributed by atoms with Crippen molar-refractivity contribution in [1.29, 1.82) is 0 Å². The second-order valence-corrected chi connectivity index (χ2v) is 9.05. The van der Waals surface area contributed by atoms with Gasteiger partial charge >= 0.3 is 0 Å². The van der Waals surface area contributed by atoms with Crippen LogP contribution < -0.4 is 5.32 Å². The summed E-state index contributed by atoms with van der Waals surface area (Å²) in [5.41, 5.74) is 3.11. The zero-order chi connectivity index (χ0) is 20.5. The van der Waals surface area contributed by atoms with Crippen LogP contribution in [-0.4, -0.2) is 35.9 Å². The maximum atomic E-state index is 12.7. The molecule has 1 aromatic heterocycles. The van der Waals surface area contributed by atoms with E-state index in [0.717, 1.165) is 46.4 Å². The number of thioether (sulfide) groups is 1. The van der Waals surface area contributed by atoms with Gasteiger partial charge < -0.3 is 10.2 Å². The van der Waals surface area contributed by atoms with Gasteiger partial charge in [0.05, 0.1) is 16.3 Å². The van der Waals surface area contributed by atoms with Crippen LogP contribution in [0.2, 0.25) is 0 Å². The Morgan fingerprint density at radius 2 is 1.90 bits per heavy atom. The average molecular weight is 426 g/mol. The molecule has 4 nitrogen and oxygen atoms in total. The molecule has 6 heteroatoms. The highest BCUT2D eigenvalue weighted by molar-refractivity contribution is 7.98. The SMILES string of the molecule is Cc1nc(CSc2ccccc2C(=O)NCCCN(C)Cc2ccccc2)cs1. The molecule has 0 bridgehead atoms. The monoisotopic (exact) mass is 425 g/mol. The van der Waals surface area contributed by atoms with E-state index >= 15 is 0 Å². The van der Waals surface area contributed by atoms with E-state index in [0.29, 0.717) is 6.54 Å². The van der Waals surface area contributed by atoms with Crippen LogP contribution in [0.4, 0.5) is 0 Å². The second-order valence-electron chi connectivity index (χ2n) is 6.98. The Hall–Kier alpha value is -2.15. The standard InChI is InChI=1S/C23H27N3OS2/c1-18-25-20(16-28-18)17-29-22-12-7-6-11-21(22)23(27)24-13-8-14-26(2)15-19-9-4-3-5-10-19/h3-7,9-12,16H,8,13-15,17H2,1-2H3,(H,24,27). The molecule has 0 atom stereocenters. The third-order valence-electron chi connectivity index (χ3n) is 4.47. The zero-order valence-corrected chi connectivity index (χ0v) is 18.6. The highest BCUT2D eigenvalue weighted by atomic mass is 32.2. The largest absolute Gasteiger partial charge is 0.352 e. The molecule has 1 N–H and O–H groups in total.